The number of hydrogen-bond acceptors (Lipinski definition) is 10. The summed E-state index contributed by atoms with van der Waals surface area (Å²) in [4.78, 5) is 65.8. The van der Waals surface area contributed by atoms with Gasteiger partial charge in [0.25, 0.3) is 0 Å². The molecule has 12 heteroatoms. The molecule has 0 aromatic heterocycles. The molecular weight excluding hydrogens is 873 g/mol. The second-order valence-corrected chi connectivity index (χ2v) is 17.8. The molecule has 0 aliphatic carbocycles. The molecule has 368 valence electrons. The molecule has 1 atom stereocenters. The van der Waals surface area contributed by atoms with Crippen LogP contribution in [-0.2, 0) is 9.59 Å². The van der Waals surface area contributed by atoms with Crippen LogP contribution in [-0.4, -0.2) is 112 Å². The largest absolute Gasteiger partial charge is 0.390 e. The van der Waals surface area contributed by atoms with Gasteiger partial charge in [0.15, 0.2) is 12.6 Å². The van der Waals surface area contributed by atoms with E-state index in [0.29, 0.717) is 48.3 Å². The van der Waals surface area contributed by atoms with Gasteiger partial charge < -0.3 is 31.1 Å². The van der Waals surface area contributed by atoms with Crippen LogP contribution >= 0.6 is 0 Å². The summed E-state index contributed by atoms with van der Waals surface area (Å²) in [5.74, 6) is 0.780. The van der Waals surface area contributed by atoms with Gasteiger partial charge in [0.2, 0.25) is 5.91 Å². The highest BCUT2D eigenvalue weighted by Gasteiger charge is 2.19. The number of amidine groups is 1. The monoisotopic (exact) mass is 945 g/mol. The number of carbonyl (C=O) groups excluding carboxylic acids is 4. The zero-order valence-corrected chi connectivity index (χ0v) is 42.2. The number of amides is 1. The van der Waals surface area contributed by atoms with E-state index in [1.807, 2.05) is 142 Å². The van der Waals surface area contributed by atoms with E-state index in [1.165, 1.54) is 6.34 Å². The van der Waals surface area contributed by atoms with Crippen LogP contribution in [0.1, 0.15) is 116 Å². The van der Waals surface area contributed by atoms with E-state index in [2.05, 4.69) is 46.2 Å². The summed E-state index contributed by atoms with van der Waals surface area (Å²) in [5, 5.41) is 6.86. The van der Waals surface area contributed by atoms with Crippen LogP contribution in [0.2, 0.25) is 0 Å². The summed E-state index contributed by atoms with van der Waals surface area (Å²) in [6.07, 6.45) is 21.1. The highest BCUT2D eigenvalue weighted by molar-refractivity contribution is 6.00. The Labute approximate surface area is 415 Å². The van der Waals surface area contributed by atoms with E-state index in [0.717, 1.165) is 132 Å². The van der Waals surface area contributed by atoms with Crippen molar-refractivity contribution in [1.82, 2.24) is 25.3 Å². The lowest BCUT2D eigenvalue weighted by molar-refractivity contribution is -0.127. The van der Waals surface area contributed by atoms with Crippen molar-refractivity contribution in [2.45, 2.75) is 78.7 Å². The molecule has 0 bridgehead atoms. The summed E-state index contributed by atoms with van der Waals surface area (Å²) in [6, 6.07) is 23.7. The second-order valence-electron chi connectivity index (χ2n) is 17.8. The maximum Gasteiger partial charge on any atom is 0.249 e. The van der Waals surface area contributed by atoms with Gasteiger partial charge in [0.1, 0.15) is 12.1 Å². The molecule has 0 fully saturated rings. The molecule has 1 aliphatic heterocycles. The number of hydrogen-bond donors (Lipinski definition) is 3. The van der Waals surface area contributed by atoms with Crippen molar-refractivity contribution < 1.29 is 19.2 Å². The number of nitrogens with two attached hydrogens (primary N) is 1. The number of nitrogens with zero attached hydrogens (tertiary/aromatic N) is 5. The molecule has 0 saturated carbocycles. The van der Waals surface area contributed by atoms with E-state index in [4.69, 9.17) is 10.7 Å². The second kappa shape index (κ2) is 27.7. The van der Waals surface area contributed by atoms with E-state index >= 15 is 0 Å². The van der Waals surface area contributed by atoms with Gasteiger partial charge in [0, 0.05) is 92.7 Å². The van der Waals surface area contributed by atoms with E-state index < -0.39 is 0 Å². The van der Waals surface area contributed by atoms with Crippen LogP contribution < -0.4 is 16.4 Å². The van der Waals surface area contributed by atoms with Gasteiger partial charge in [-0.25, -0.2) is 9.98 Å². The van der Waals surface area contributed by atoms with Crippen molar-refractivity contribution in [3.05, 3.63) is 130 Å². The quantitative estimate of drug-likeness (QED) is 0.0242. The summed E-state index contributed by atoms with van der Waals surface area (Å²) in [5.41, 5.74) is 16.8. The predicted molar refractivity (Wildman–Crippen MR) is 292 cm³/mol. The van der Waals surface area contributed by atoms with Gasteiger partial charge in [-0.3, -0.25) is 19.2 Å². The number of rotatable bonds is 26. The number of likely N-dealkylation sites (N-methyl/N-ethyl adjacent to an activating group) is 2. The van der Waals surface area contributed by atoms with Gasteiger partial charge >= 0.3 is 0 Å². The third-order valence-corrected chi connectivity index (χ3v) is 12.3. The molecule has 5 rings (SSSR count). The highest BCUT2D eigenvalue weighted by atomic mass is 16.2. The Hall–Kier alpha value is -7.18. The predicted octanol–water partition coefficient (Wildman–Crippen LogP) is 10.6. The summed E-state index contributed by atoms with van der Waals surface area (Å²) < 4.78 is 0. The summed E-state index contributed by atoms with van der Waals surface area (Å²) >= 11 is 0. The Bertz CT molecular complexity index is 2620. The molecule has 4 N–H and O–H groups in total. The SMILES string of the molecule is CCCC(CCN(C)/C=C\c1cc(-c2ccc(/C=C(\CC)C(=O)N(CCC)CCC)c(/N=C/N)c2)ccc1C=O)NC1=Nc2cc(-c3ccc(C=O)c(/C=C\N(C)CCNC)c3)ccc2C=C(C=O)C1. The van der Waals surface area contributed by atoms with Crippen LogP contribution in [0.4, 0.5) is 11.4 Å². The average molecular weight is 945 g/mol. The van der Waals surface area contributed by atoms with Gasteiger partial charge in [-0.15, -0.1) is 0 Å². The zero-order valence-electron chi connectivity index (χ0n) is 42.2. The van der Waals surface area contributed by atoms with E-state index in [-0.39, 0.29) is 11.9 Å². The molecule has 0 spiro atoms. The molecule has 0 saturated heterocycles. The fourth-order valence-electron chi connectivity index (χ4n) is 8.42. The Morgan fingerprint density at radius 1 is 0.714 bits per heavy atom. The maximum atomic E-state index is 13.5. The van der Waals surface area contributed by atoms with Gasteiger partial charge in [-0.05, 0) is 134 Å². The normalized spacial score (nSPS) is 13.2. The van der Waals surface area contributed by atoms with Crippen molar-refractivity contribution in [2.75, 3.05) is 53.9 Å². The Balaban J connectivity index is 1.33. The first-order valence-corrected chi connectivity index (χ1v) is 24.6. The maximum absolute atomic E-state index is 13.5. The molecule has 1 amide bonds. The lowest BCUT2D eigenvalue weighted by Crippen LogP contribution is -2.37. The number of aliphatic imine (C=N–C) groups is 2. The lowest BCUT2D eigenvalue weighted by atomic mass is 9.97. The fourth-order valence-corrected chi connectivity index (χ4v) is 8.42. The minimum absolute atomic E-state index is 0.0463. The molecule has 4 aromatic carbocycles. The van der Waals surface area contributed by atoms with Crippen LogP contribution in [0.3, 0.4) is 0 Å². The average Bonchev–Trinajstić information content (AvgIpc) is 3.55. The topological polar surface area (TPSA) is 153 Å². The van der Waals surface area contributed by atoms with Crippen molar-refractivity contribution >= 4 is 72.6 Å². The minimum Gasteiger partial charge on any atom is -0.390 e. The number of carbonyl (C=O) groups is 4. The number of benzene rings is 4. The smallest absolute Gasteiger partial charge is 0.249 e. The molecule has 0 radical (unpaired) electrons. The molecular formula is C58H72N8O4. The molecule has 1 aliphatic rings. The molecule has 1 unspecified atom stereocenters. The standard InChI is InChI=1S/C58H72N8O4/c1-8-12-54(62-57-32-42(38-67)31-50-17-13-47(37-56(50)63-57)45-16-20-53(40-69)49(35-45)22-28-65(7)30-24-60-5)23-29-64(6)27-21-48-34-44(15-19-52(48)39-68)46-14-18-51(55(36-46)61-41-59)33-43(11-4)58(70)66(25-9-2)26-10-3/h13-22,27-28,31,33-41,54,60H,8-12,23-26,29-30,32H2,1-7H3,(H2,59,61)(H,62,63)/b27-21-,28-22-,43-33+. The first-order chi connectivity index (χ1) is 34.0. The molecule has 1 heterocycles. The van der Waals surface area contributed by atoms with E-state index in [1.54, 1.807) is 0 Å². The van der Waals surface area contributed by atoms with Crippen LogP contribution in [0.25, 0.3) is 46.6 Å². The van der Waals surface area contributed by atoms with Crippen LogP contribution in [0.15, 0.2) is 106 Å². The number of fused-ring (bicyclic) bond motifs is 1. The molecule has 70 heavy (non-hydrogen) atoms. The van der Waals surface area contributed by atoms with Crippen molar-refractivity contribution in [3.63, 3.8) is 0 Å². The van der Waals surface area contributed by atoms with Crippen LogP contribution in [0.5, 0.6) is 0 Å². The van der Waals surface area contributed by atoms with E-state index in [9.17, 15) is 19.2 Å². The summed E-state index contributed by atoms with van der Waals surface area (Å²) in [6.45, 7) is 12.1. The fraction of sp³-hybridized carbons (Fsp3) is 0.345. The van der Waals surface area contributed by atoms with Crippen molar-refractivity contribution in [2.24, 2.45) is 15.7 Å². The third kappa shape index (κ3) is 15.2. The Morgan fingerprint density at radius 3 is 1.86 bits per heavy atom. The van der Waals surface area contributed by atoms with Gasteiger partial charge in [-0.2, -0.15) is 0 Å². The molecule has 4 aromatic rings. The number of aldehydes is 3. The Morgan fingerprint density at radius 2 is 1.30 bits per heavy atom. The van der Waals surface area contributed by atoms with Crippen LogP contribution in [0, 0.1) is 0 Å². The summed E-state index contributed by atoms with van der Waals surface area (Å²) in [7, 11) is 5.94. The third-order valence-electron chi connectivity index (χ3n) is 12.3. The molecule has 12 nitrogen and oxygen atoms in total. The zero-order chi connectivity index (χ0) is 50.4. The lowest BCUT2D eigenvalue weighted by Gasteiger charge is -2.23. The highest BCUT2D eigenvalue weighted by Crippen LogP contribution is 2.34. The Kier molecular flexibility index (Phi) is 21.3. The van der Waals surface area contributed by atoms with Gasteiger partial charge in [0.05, 0.1) is 17.7 Å². The first kappa shape index (κ1) is 53.8. The minimum atomic E-state index is 0.0463. The van der Waals surface area contributed by atoms with Crippen molar-refractivity contribution in [1.29, 1.82) is 0 Å². The van der Waals surface area contributed by atoms with Crippen molar-refractivity contribution in [3.8, 4) is 22.3 Å². The number of nitrogens with one attached hydrogen (secondary N) is 2. The van der Waals surface area contributed by atoms with Gasteiger partial charge in [-0.1, -0.05) is 82.6 Å². The first-order valence-electron chi connectivity index (χ1n) is 24.6.